The maximum Gasteiger partial charge on any atom is 0.170 e. The van der Waals surface area contributed by atoms with Crippen LogP contribution < -0.4 is 0 Å². The van der Waals surface area contributed by atoms with E-state index in [1.54, 1.807) is 6.20 Å². The van der Waals surface area contributed by atoms with Gasteiger partial charge in [-0.25, -0.2) is 9.97 Å². The van der Waals surface area contributed by atoms with Gasteiger partial charge in [0.25, 0.3) is 0 Å². The first-order valence-electron chi connectivity index (χ1n) is 4.64. The van der Waals surface area contributed by atoms with Crippen molar-refractivity contribution >= 4 is 21.6 Å². The fourth-order valence-corrected chi connectivity index (χ4v) is 1.42. The number of nitrogens with zero attached hydrogens (tertiary/aromatic N) is 3. The summed E-state index contributed by atoms with van der Waals surface area (Å²) in [6.07, 6.45) is 6.82. The Morgan fingerprint density at radius 1 is 1.43 bits per heavy atom. The third kappa shape index (κ3) is 2.54. The largest absolute Gasteiger partial charge is 0.303 e. The first-order chi connectivity index (χ1) is 6.69. The fourth-order valence-electron chi connectivity index (χ4n) is 1.01. The van der Waals surface area contributed by atoms with Crippen LogP contribution in [0.5, 0.6) is 0 Å². The van der Waals surface area contributed by atoms with Crippen LogP contribution in [0.3, 0.4) is 0 Å². The Bertz CT molecular complexity index is 409. The van der Waals surface area contributed by atoms with Gasteiger partial charge in [0.15, 0.2) is 5.65 Å². The number of rotatable bonds is 0. The summed E-state index contributed by atoms with van der Waals surface area (Å²) in [4.78, 5) is 8.32. The molecule has 2 heterocycles. The molecule has 0 radical (unpaired) electrons. The summed E-state index contributed by atoms with van der Waals surface area (Å²) in [5.41, 5.74) is 1.86. The molecule has 0 fully saturated rings. The molecule has 0 aliphatic rings. The summed E-state index contributed by atoms with van der Waals surface area (Å²) in [6, 6.07) is 0. The molecule has 4 heteroatoms. The fraction of sp³-hybridized carbons (Fsp3) is 0.400. The Kier molecular flexibility index (Phi) is 4.07. The van der Waals surface area contributed by atoms with Crippen molar-refractivity contribution in [3.05, 3.63) is 28.9 Å². The summed E-state index contributed by atoms with van der Waals surface area (Å²) < 4.78 is 2.72. The lowest BCUT2D eigenvalue weighted by molar-refractivity contribution is 1.09. The highest BCUT2D eigenvalue weighted by molar-refractivity contribution is 9.10. The zero-order chi connectivity index (χ0) is 10.6. The van der Waals surface area contributed by atoms with Gasteiger partial charge < -0.3 is 4.40 Å². The van der Waals surface area contributed by atoms with Crippen LogP contribution in [0.1, 0.15) is 26.0 Å². The molecule has 14 heavy (non-hydrogen) atoms. The lowest BCUT2D eigenvalue weighted by atomic mass is 10.6. The molecule has 0 aliphatic carbocycles. The van der Waals surface area contributed by atoms with Gasteiger partial charge in [0.2, 0.25) is 0 Å². The molecule has 0 amide bonds. The SMILES string of the molecule is CCC.Cc1cn2ccnc(Br)c2n1. The van der Waals surface area contributed by atoms with E-state index in [0.29, 0.717) is 0 Å². The van der Waals surface area contributed by atoms with Crippen LogP contribution in [0.25, 0.3) is 5.65 Å². The zero-order valence-corrected chi connectivity index (χ0v) is 10.2. The summed E-state index contributed by atoms with van der Waals surface area (Å²) in [7, 11) is 0. The Morgan fingerprint density at radius 3 is 2.64 bits per heavy atom. The van der Waals surface area contributed by atoms with Gasteiger partial charge in [-0.2, -0.15) is 0 Å². The molecule has 0 bridgehead atoms. The van der Waals surface area contributed by atoms with E-state index in [0.717, 1.165) is 15.9 Å². The minimum atomic E-state index is 0.785. The number of halogens is 1. The molecule has 2 rings (SSSR count). The van der Waals surface area contributed by atoms with E-state index < -0.39 is 0 Å². The molecule has 0 atom stereocenters. The minimum absolute atomic E-state index is 0.785. The van der Waals surface area contributed by atoms with Crippen LogP contribution in [-0.2, 0) is 0 Å². The van der Waals surface area contributed by atoms with Crippen LogP contribution in [0.2, 0.25) is 0 Å². The van der Waals surface area contributed by atoms with Crippen molar-refractivity contribution in [2.75, 3.05) is 0 Å². The number of aromatic nitrogens is 3. The molecule has 0 saturated heterocycles. The molecule has 2 aromatic rings. The average molecular weight is 256 g/mol. The number of hydrogen-bond acceptors (Lipinski definition) is 2. The number of hydrogen-bond donors (Lipinski definition) is 0. The second-order valence-electron chi connectivity index (χ2n) is 3.04. The summed E-state index contributed by atoms with van der Waals surface area (Å²) >= 11 is 3.32. The molecule has 0 saturated carbocycles. The van der Waals surface area contributed by atoms with Gasteiger partial charge in [0, 0.05) is 18.6 Å². The van der Waals surface area contributed by atoms with Crippen LogP contribution >= 0.6 is 15.9 Å². The van der Waals surface area contributed by atoms with E-state index in [2.05, 4.69) is 39.7 Å². The quantitative estimate of drug-likeness (QED) is 0.724. The summed E-state index contributed by atoms with van der Waals surface area (Å²) in [6.45, 7) is 6.21. The lowest BCUT2D eigenvalue weighted by Crippen LogP contribution is -1.85. The number of fused-ring (bicyclic) bond motifs is 1. The van der Waals surface area contributed by atoms with E-state index in [-0.39, 0.29) is 0 Å². The van der Waals surface area contributed by atoms with Gasteiger partial charge in [-0.3, -0.25) is 0 Å². The van der Waals surface area contributed by atoms with E-state index in [1.807, 2.05) is 23.7 Å². The van der Waals surface area contributed by atoms with Crippen LogP contribution in [0, 0.1) is 6.92 Å². The van der Waals surface area contributed by atoms with Crippen LogP contribution in [-0.4, -0.2) is 14.4 Å². The van der Waals surface area contributed by atoms with E-state index in [1.165, 1.54) is 6.42 Å². The molecule has 0 N–H and O–H groups in total. The second kappa shape index (κ2) is 5.10. The van der Waals surface area contributed by atoms with E-state index in [4.69, 9.17) is 0 Å². The van der Waals surface area contributed by atoms with E-state index >= 15 is 0 Å². The summed E-state index contributed by atoms with van der Waals surface area (Å²) in [5.74, 6) is 0. The molecular formula is C10H14BrN3. The Hall–Kier alpha value is -0.900. The average Bonchev–Trinajstić information content (AvgIpc) is 2.48. The van der Waals surface area contributed by atoms with Gasteiger partial charge in [0.1, 0.15) is 4.60 Å². The van der Waals surface area contributed by atoms with Crippen molar-refractivity contribution < 1.29 is 0 Å². The molecule has 3 nitrogen and oxygen atoms in total. The Morgan fingerprint density at radius 2 is 2.07 bits per heavy atom. The molecule has 0 aliphatic heterocycles. The second-order valence-corrected chi connectivity index (χ2v) is 3.79. The highest BCUT2D eigenvalue weighted by atomic mass is 79.9. The van der Waals surface area contributed by atoms with Crippen molar-refractivity contribution in [2.24, 2.45) is 0 Å². The third-order valence-electron chi connectivity index (χ3n) is 1.45. The van der Waals surface area contributed by atoms with Gasteiger partial charge in [-0.1, -0.05) is 20.3 Å². The smallest absolute Gasteiger partial charge is 0.170 e. The monoisotopic (exact) mass is 255 g/mol. The predicted molar refractivity (Wildman–Crippen MR) is 61.4 cm³/mol. The molecule has 76 valence electrons. The molecular weight excluding hydrogens is 242 g/mol. The summed E-state index contributed by atoms with van der Waals surface area (Å²) in [5, 5.41) is 0. The maximum atomic E-state index is 4.27. The Balaban J connectivity index is 0.000000293. The van der Waals surface area contributed by atoms with Crippen LogP contribution in [0.4, 0.5) is 0 Å². The standard InChI is InChI=1S/C7H6BrN3.C3H8/c1-5-4-11-3-2-9-6(8)7(11)10-5;1-3-2/h2-4H,1H3;3H2,1-2H3. The molecule has 0 spiro atoms. The first kappa shape index (κ1) is 11.2. The topological polar surface area (TPSA) is 30.2 Å². The normalized spacial score (nSPS) is 9.71. The number of imidazole rings is 1. The maximum absolute atomic E-state index is 4.27. The third-order valence-corrected chi connectivity index (χ3v) is 2.01. The van der Waals surface area contributed by atoms with Gasteiger partial charge in [-0.05, 0) is 22.9 Å². The highest BCUT2D eigenvalue weighted by Gasteiger charge is 2.00. The first-order valence-corrected chi connectivity index (χ1v) is 5.44. The van der Waals surface area contributed by atoms with Gasteiger partial charge in [0.05, 0.1) is 5.69 Å². The highest BCUT2D eigenvalue weighted by Crippen LogP contribution is 2.12. The van der Waals surface area contributed by atoms with Crippen molar-refractivity contribution in [2.45, 2.75) is 27.2 Å². The predicted octanol–water partition coefficient (Wildman–Crippen LogP) is 3.22. The Labute approximate surface area is 92.3 Å². The van der Waals surface area contributed by atoms with Gasteiger partial charge >= 0.3 is 0 Å². The zero-order valence-electron chi connectivity index (χ0n) is 8.66. The lowest BCUT2D eigenvalue weighted by Gasteiger charge is -1.91. The number of aryl methyl sites for hydroxylation is 1. The molecule has 2 aromatic heterocycles. The molecule has 0 aromatic carbocycles. The van der Waals surface area contributed by atoms with Crippen molar-refractivity contribution in [3.63, 3.8) is 0 Å². The van der Waals surface area contributed by atoms with Crippen molar-refractivity contribution in [1.29, 1.82) is 0 Å². The van der Waals surface area contributed by atoms with Crippen molar-refractivity contribution in [3.8, 4) is 0 Å². The van der Waals surface area contributed by atoms with E-state index in [9.17, 15) is 0 Å². The molecule has 0 unspecified atom stereocenters. The van der Waals surface area contributed by atoms with Crippen LogP contribution in [0.15, 0.2) is 23.2 Å². The minimum Gasteiger partial charge on any atom is -0.303 e. The van der Waals surface area contributed by atoms with Gasteiger partial charge in [-0.15, -0.1) is 0 Å². The van der Waals surface area contributed by atoms with Crippen molar-refractivity contribution in [1.82, 2.24) is 14.4 Å².